The van der Waals surface area contributed by atoms with Crippen LogP contribution in [0.25, 0.3) is 0 Å². The number of rotatable bonds is 4. The van der Waals surface area contributed by atoms with Crippen molar-refractivity contribution in [2.45, 2.75) is 19.8 Å². The second kappa shape index (κ2) is 5.45. The molecular weight excluding hydrogens is 224 g/mol. The number of hydrogen-bond acceptors (Lipinski definition) is 3. The van der Waals surface area contributed by atoms with Gasteiger partial charge in [0, 0.05) is 18.2 Å². The van der Waals surface area contributed by atoms with E-state index in [4.69, 9.17) is 5.73 Å². The summed E-state index contributed by atoms with van der Waals surface area (Å²) in [5.74, 6) is 0.661. The number of anilines is 1. The monoisotopic (exact) mass is 240 g/mol. The first-order valence-corrected chi connectivity index (χ1v) is 5.96. The maximum Gasteiger partial charge on any atom is 0.163 e. The highest BCUT2D eigenvalue weighted by atomic mass is 16.1. The van der Waals surface area contributed by atoms with Crippen molar-refractivity contribution in [1.29, 1.82) is 0 Å². The Morgan fingerprint density at radius 2 is 1.94 bits per heavy atom. The molecule has 2 rings (SSSR count). The number of aryl methyl sites for hydroxylation is 1. The zero-order valence-electron chi connectivity index (χ0n) is 10.4. The molecule has 3 heteroatoms. The minimum Gasteiger partial charge on any atom is -0.383 e. The third-order valence-electron chi connectivity index (χ3n) is 3.02. The number of benzene rings is 1. The number of nitrogen functional groups attached to an aromatic ring is 1. The Bertz CT molecular complexity index is 529. The largest absolute Gasteiger partial charge is 0.383 e. The molecular formula is C15H16N2O. The Balaban J connectivity index is 2.07. The molecule has 18 heavy (non-hydrogen) atoms. The molecule has 0 spiro atoms. The molecule has 0 fully saturated rings. The van der Waals surface area contributed by atoms with Crippen LogP contribution in [0.15, 0.2) is 42.6 Å². The van der Waals surface area contributed by atoms with Gasteiger partial charge >= 0.3 is 0 Å². The van der Waals surface area contributed by atoms with Gasteiger partial charge in [-0.2, -0.15) is 0 Å². The normalized spacial score (nSPS) is 10.3. The summed E-state index contributed by atoms with van der Waals surface area (Å²) in [7, 11) is 0. The molecule has 2 N–H and O–H groups in total. The summed E-state index contributed by atoms with van der Waals surface area (Å²) >= 11 is 0. The Kier molecular flexibility index (Phi) is 3.72. The lowest BCUT2D eigenvalue weighted by Crippen LogP contribution is -2.05. The predicted octanol–water partition coefficient (Wildman–Crippen LogP) is 2.79. The first-order valence-electron chi connectivity index (χ1n) is 5.96. The molecule has 0 aliphatic carbocycles. The van der Waals surface area contributed by atoms with Crippen LogP contribution in [0, 0.1) is 6.92 Å². The number of nitrogens with two attached hydrogens (primary N) is 1. The van der Waals surface area contributed by atoms with Crippen LogP contribution in [0.2, 0.25) is 0 Å². The molecule has 1 aromatic carbocycles. The van der Waals surface area contributed by atoms with E-state index < -0.39 is 0 Å². The van der Waals surface area contributed by atoms with Crippen LogP contribution < -0.4 is 5.73 Å². The number of carbonyl (C=O) groups is 1. The zero-order valence-corrected chi connectivity index (χ0v) is 10.4. The molecule has 0 aliphatic heterocycles. The maximum atomic E-state index is 12.0. The molecule has 0 aliphatic rings. The van der Waals surface area contributed by atoms with Gasteiger partial charge in [-0.15, -0.1) is 0 Å². The van der Waals surface area contributed by atoms with Gasteiger partial charge in [-0.05, 0) is 30.5 Å². The third kappa shape index (κ3) is 2.74. The van der Waals surface area contributed by atoms with E-state index >= 15 is 0 Å². The van der Waals surface area contributed by atoms with Gasteiger partial charge in [0.05, 0.1) is 0 Å². The summed E-state index contributed by atoms with van der Waals surface area (Å²) in [6, 6.07) is 11.2. The minimum atomic E-state index is 0.137. The van der Waals surface area contributed by atoms with E-state index in [1.165, 1.54) is 0 Å². The van der Waals surface area contributed by atoms with E-state index in [0.717, 1.165) is 16.7 Å². The number of ketones is 1. The predicted molar refractivity (Wildman–Crippen MR) is 72.5 cm³/mol. The number of aromatic nitrogens is 1. The van der Waals surface area contributed by atoms with Crippen LogP contribution in [0.3, 0.4) is 0 Å². The van der Waals surface area contributed by atoms with Gasteiger partial charge in [0.2, 0.25) is 0 Å². The highest BCUT2D eigenvalue weighted by molar-refractivity contribution is 5.96. The lowest BCUT2D eigenvalue weighted by molar-refractivity contribution is 0.0983. The smallest absolute Gasteiger partial charge is 0.163 e. The molecule has 0 amide bonds. The Hall–Kier alpha value is -2.16. The summed E-state index contributed by atoms with van der Waals surface area (Å²) in [5.41, 5.74) is 8.63. The molecule has 0 saturated heterocycles. The van der Waals surface area contributed by atoms with Crippen molar-refractivity contribution < 1.29 is 4.79 Å². The summed E-state index contributed by atoms with van der Waals surface area (Å²) in [5, 5.41) is 0. The lowest BCUT2D eigenvalue weighted by atomic mass is 10.0. The van der Waals surface area contributed by atoms with Crippen LogP contribution in [0.4, 0.5) is 5.82 Å². The van der Waals surface area contributed by atoms with Gasteiger partial charge < -0.3 is 5.73 Å². The number of hydrogen-bond donors (Lipinski definition) is 1. The molecule has 1 aromatic heterocycles. The molecule has 0 bridgehead atoms. The van der Waals surface area contributed by atoms with Crippen molar-refractivity contribution >= 4 is 11.6 Å². The second-order valence-electron chi connectivity index (χ2n) is 4.28. The second-order valence-corrected chi connectivity index (χ2v) is 4.28. The number of pyridine rings is 1. The standard InChI is InChI=1S/C15H16N2O/c1-11-9-10-17-15(16)13(11)7-8-14(18)12-5-3-2-4-6-12/h2-6,9-10H,7-8H2,1H3,(H2,16,17). The van der Waals surface area contributed by atoms with E-state index in [0.29, 0.717) is 18.7 Å². The van der Waals surface area contributed by atoms with Crippen LogP contribution in [-0.2, 0) is 6.42 Å². The molecule has 3 nitrogen and oxygen atoms in total. The number of Topliss-reactive ketones (excluding diaryl/α,β-unsaturated/α-hetero) is 1. The average Bonchev–Trinajstić information content (AvgIpc) is 2.39. The van der Waals surface area contributed by atoms with E-state index in [9.17, 15) is 4.79 Å². The fraction of sp³-hybridized carbons (Fsp3) is 0.200. The van der Waals surface area contributed by atoms with Crippen molar-refractivity contribution in [1.82, 2.24) is 4.98 Å². The minimum absolute atomic E-state index is 0.137. The highest BCUT2D eigenvalue weighted by Gasteiger charge is 2.09. The number of carbonyl (C=O) groups excluding carboxylic acids is 1. The van der Waals surface area contributed by atoms with Gasteiger partial charge in [0.15, 0.2) is 5.78 Å². The van der Waals surface area contributed by atoms with Crippen molar-refractivity contribution in [2.75, 3.05) is 5.73 Å². The van der Waals surface area contributed by atoms with Gasteiger partial charge in [-0.3, -0.25) is 4.79 Å². The summed E-state index contributed by atoms with van der Waals surface area (Å²) in [4.78, 5) is 16.0. The van der Waals surface area contributed by atoms with Crippen LogP contribution in [0.5, 0.6) is 0 Å². The fourth-order valence-electron chi connectivity index (χ4n) is 1.94. The van der Waals surface area contributed by atoms with Crippen molar-refractivity contribution in [3.63, 3.8) is 0 Å². The van der Waals surface area contributed by atoms with Crippen molar-refractivity contribution in [2.24, 2.45) is 0 Å². The van der Waals surface area contributed by atoms with Crippen molar-refractivity contribution in [3.8, 4) is 0 Å². The van der Waals surface area contributed by atoms with Gasteiger partial charge in [0.25, 0.3) is 0 Å². The first-order chi connectivity index (χ1) is 8.68. The summed E-state index contributed by atoms with van der Waals surface area (Å²) < 4.78 is 0. The van der Waals surface area contributed by atoms with Crippen molar-refractivity contribution in [3.05, 3.63) is 59.3 Å². The van der Waals surface area contributed by atoms with E-state index in [1.807, 2.05) is 43.3 Å². The zero-order chi connectivity index (χ0) is 13.0. The molecule has 2 aromatic rings. The van der Waals surface area contributed by atoms with Gasteiger partial charge in [0.1, 0.15) is 5.82 Å². The topological polar surface area (TPSA) is 56.0 Å². The maximum absolute atomic E-state index is 12.0. The Morgan fingerprint density at radius 1 is 1.22 bits per heavy atom. The lowest BCUT2D eigenvalue weighted by Gasteiger charge is -2.07. The third-order valence-corrected chi connectivity index (χ3v) is 3.02. The number of nitrogens with zero attached hydrogens (tertiary/aromatic N) is 1. The fourth-order valence-corrected chi connectivity index (χ4v) is 1.94. The molecule has 0 saturated carbocycles. The molecule has 1 heterocycles. The van der Waals surface area contributed by atoms with Gasteiger partial charge in [-0.1, -0.05) is 30.3 Å². The van der Waals surface area contributed by atoms with Crippen LogP contribution in [-0.4, -0.2) is 10.8 Å². The van der Waals surface area contributed by atoms with Crippen LogP contribution >= 0.6 is 0 Å². The van der Waals surface area contributed by atoms with E-state index in [1.54, 1.807) is 6.20 Å². The first kappa shape index (κ1) is 12.3. The molecule has 0 atom stereocenters. The molecule has 92 valence electrons. The summed E-state index contributed by atoms with van der Waals surface area (Å²) in [6.45, 7) is 1.99. The van der Waals surface area contributed by atoms with Gasteiger partial charge in [-0.25, -0.2) is 4.98 Å². The molecule has 0 unspecified atom stereocenters. The Labute approximate surface area is 107 Å². The summed E-state index contributed by atoms with van der Waals surface area (Å²) in [6.07, 6.45) is 2.78. The molecule has 0 radical (unpaired) electrons. The van der Waals surface area contributed by atoms with E-state index in [2.05, 4.69) is 4.98 Å². The highest BCUT2D eigenvalue weighted by Crippen LogP contribution is 2.16. The Morgan fingerprint density at radius 3 is 2.61 bits per heavy atom. The van der Waals surface area contributed by atoms with E-state index in [-0.39, 0.29) is 5.78 Å². The quantitative estimate of drug-likeness (QED) is 0.836. The van der Waals surface area contributed by atoms with Crippen LogP contribution in [0.1, 0.15) is 27.9 Å². The SMILES string of the molecule is Cc1ccnc(N)c1CCC(=O)c1ccccc1. The average molecular weight is 240 g/mol.